The molecule has 1 atom stereocenters. The van der Waals surface area contributed by atoms with Crippen LogP contribution in [0.25, 0.3) is 5.69 Å². The lowest BCUT2D eigenvalue weighted by Gasteiger charge is -2.06. The summed E-state index contributed by atoms with van der Waals surface area (Å²) in [5.74, 6) is -1.52. The minimum atomic E-state index is -1.74. The predicted molar refractivity (Wildman–Crippen MR) is 51.7 cm³/mol. The topological polar surface area (TPSA) is 101 Å². The average Bonchev–Trinajstić information content (AvgIpc) is 2.77. The number of nitrogens with zero attached hydrogens (tertiary/aromatic N) is 4. The fourth-order valence-corrected chi connectivity index (χ4v) is 1.23. The van der Waals surface area contributed by atoms with Crippen molar-refractivity contribution in [1.82, 2.24) is 20.2 Å². The maximum Gasteiger partial charge on any atom is 0.340 e. The zero-order valence-corrected chi connectivity index (χ0v) is 8.06. The molecule has 7 nitrogen and oxygen atoms in total. The van der Waals surface area contributed by atoms with Gasteiger partial charge in [-0.15, -0.1) is 5.10 Å². The molecule has 1 aromatic heterocycles. The zero-order chi connectivity index (χ0) is 11.5. The summed E-state index contributed by atoms with van der Waals surface area (Å²) < 4.78 is 1.18. The van der Waals surface area contributed by atoms with Gasteiger partial charge in [-0.25, -0.2) is 4.79 Å². The van der Waals surface area contributed by atoms with Gasteiger partial charge in [-0.3, -0.25) is 0 Å². The highest BCUT2D eigenvalue weighted by atomic mass is 16.4. The van der Waals surface area contributed by atoms with E-state index < -0.39 is 12.1 Å². The van der Waals surface area contributed by atoms with E-state index in [0.717, 1.165) is 0 Å². The number of aliphatic hydroxyl groups is 1. The number of benzene rings is 1. The summed E-state index contributed by atoms with van der Waals surface area (Å²) in [7, 11) is 0. The highest BCUT2D eigenvalue weighted by Gasteiger charge is 2.23. The standard InChI is InChI=1S/C9H8N4O3/c14-7(9(15)16)8-10-11-12-13(8)6-4-2-1-3-5-6/h1-5,7,14H,(H,15,16). The first-order valence-electron chi connectivity index (χ1n) is 4.44. The Hall–Kier alpha value is -2.28. The van der Waals surface area contributed by atoms with Crippen LogP contribution in [0, 0.1) is 0 Å². The Bertz CT molecular complexity index is 496. The zero-order valence-electron chi connectivity index (χ0n) is 8.06. The summed E-state index contributed by atoms with van der Waals surface area (Å²) in [5, 5.41) is 28.5. The molecule has 0 aliphatic rings. The Kier molecular flexibility index (Phi) is 2.61. The Labute approximate surface area is 90.0 Å². The van der Waals surface area contributed by atoms with Gasteiger partial charge in [0.15, 0.2) is 5.82 Å². The first-order valence-corrected chi connectivity index (χ1v) is 4.44. The van der Waals surface area contributed by atoms with Gasteiger partial charge in [-0.1, -0.05) is 18.2 Å². The molecule has 1 heterocycles. The van der Waals surface area contributed by atoms with Crippen LogP contribution in [-0.4, -0.2) is 36.4 Å². The number of hydrogen-bond donors (Lipinski definition) is 2. The molecule has 0 radical (unpaired) electrons. The lowest BCUT2D eigenvalue weighted by atomic mass is 10.3. The molecule has 7 heteroatoms. The molecule has 2 N–H and O–H groups in total. The Balaban J connectivity index is 2.44. The summed E-state index contributed by atoms with van der Waals surface area (Å²) in [5.41, 5.74) is 0.586. The van der Waals surface area contributed by atoms with E-state index in [1.165, 1.54) is 4.68 Å². The van der Waals surface area contributed by atoms with E-state index in [9.17, 15) is 9.90 Å². The van der Waals surface area contributed by atoms with Gasteiger partial charge in [0.1, 0.15) is 0 Å². The number of aliphatic carboxylic acids is 1. The first-order chi connectivity index (χ1) is 7.70. The van der Waals surface area contributed by atoms with Crippen LogP contribution in [0.3, 0.4) is 0 Å². The molecule has 0 fully saturated rings. The van der Waals surface area contributed by atoms with Gasteiger partial charge < -0.3 is 10.2 Å². The number of aliphatic hydroxyl groups excluding tert-OH is 1. The number of carboxylic acids is 1. The van der Waals surface area contributed by atoms with Crippen molar-refractivity contribution in [2.45, 2.75) is 6.10 Å². The van der Waals surface area contributed by atoms with Crippen LogP contribution in [0.1, 0.15) is 11.9 Å². The largest absolute Gasteiger partial charge is 0.479 e. The van der Waals surface area contributed by atoms with Crippen molar-refractivity contribution < 1.29 is 15.0 Å². The van der Waals surface area contributed by atoms with E-state index in [-0.39, 0.29) is 5.82 Å². The Morgan fingerprint density at radius 3 is 2.62 bits per heavy atom. The summed E-state index contributed by atoms with van der Waals surface area (Å²) in [6.07, 6.45) is -1.74. The predicted octanol–water partition coefficient (Wildman–Crippen LogP) is -0.220. The number of carbonyl (C=O) groups is 1. The molecule has 0 amide bonds. The number of hydrogen-bond acceptors (Lipinski definition) is 5. The summed E-state index contributed by atoms with van der Waals surface area (Å²) in [6.45, 7) is 0. The van der Waals surface area contributed by atoms with E-state index in [2.05, 4.69) is 15.5 Å². The van der Waals surface area contributed by atoms with Gasteiger partial charge >= 0.3 is 5.97 Å². The molecule has 1 unspecified atom stereocenters. The lowest BCUT2D eigenvalue weighted by molar-refractivity contribution is -0.147. The van der Waals surface area contributed by atoms with E-state index in [1.807, 2.05) is 0 Å². The van der Waals surface area contributed by atoms with Crippen molar-refractivity contribution in [2.75, 3.05) is 0 Å². The van der Waals surface area contributed by atoms with Crippen molar-refractivity contribution in [2.24, 2.45) is 0 Å². The lowest BCUT2D eigenvalue weighted by Crippen LogP contribution is -2.16. The monoisotopic (exact) mass is 220 g/mol. The van der Waals surface area contributed by atoms with Gasteiger partial charge in [0.25, 0.3) is 0 Å². The molecule has 0 saturated heterocycles. The molecule has 82 valence electrons. The number of aromatic nitrogens is 4. The maximum absolute atomic E-state index is 10.6. The van der Waals surface area contributed by atoms with Crippen LogP contribution in [0.2, 0.25) is 0 Å². The molecule has 0 saturated carbocycles. The third-order valence-electron chi connectivity index (χ3n) is 1.97. The van der Waals surface area contributed by atoms with Crippen molar-refractivity contribution in [3.8, 4) is 5.69 Å². The first kappa shape index (κ1) is 10.2. The molecule has 2 rings (SSSR count). The molecule has 0 aliphatic carbocycles. The fourth-order valence-electron chi connectivity index (χ4n) is 1.23. The average molecular weight is 220 g/mol. The number of tetrazole rings is 1. The smallest absolute Gasteiger partial charge is 0.340 e. The number of carboxylic acid groups (broad SMARTS) is 1. The van der Waals surface area contributed by atoms with Gasteiger partial charge in [0.2, 0.25) is 6.10 Å². The molecule has 0 aliphatic heterocycles. The number of para-hydroxylation sites is 1. The molecule has 0 spiro atoms. The SMILES string of the molecule is O=C(O)C(O)c1nnnn1-c1ccccc1. The third-order valence-corrected chi connectivity index (χ3v) is 1.97. The van der Waals surface area contributed by atoms with E-state index in [0.29, 0.717) is 5.69 Å². The van der Waals surface area contributed by atoms with Crippen molar-refractivity contribution in [1.29, 1.82) is 0 Å². The van der Waals surface area contributed by atoms with Crippen LogP contribution in [0.15, 0.2) is 30.3 Å². The molecular weight excluding hydrogens is 212 g/mol. The van der Waals surface area contributed by atoms with Crippen LogP contribution < -0.4 is 0 Å². The Morgan fingerprint density at radius 1 is 1.31 bits per heavy atom. The normalized spacial score (nSPS) is 12.3. The van der Waals surface area contributed by atoms with Crippen LogP contribution in [0.5, 0.6) is 0 Å². The van der Waals surface area contributed by atoms with Crippen LogP contribution in [-0.2, 0) is 4.79 Å². The van der Waals surface area contributed by atoms with E-state index in [1.54, 1.807) is 30.3 Å². The van der Waals surface area contributed by atoms with Crippen molar-refractivity contribution in [3.05, 3.63) is 36.2 Å². The third kappa shape index (κ3) is 1.75. The number of rotatable bonds is 3. The minimum Gasteiger partial charge on any atom is -0.479 e. The minimum absolute atomic E-state index is 0.126. The van der Waals surface area contributed by atoms with Crippen molar-refractivity contribution in [3.63, 3.8) is 0 Å². The summed E-state index contributed by atoms with van der Waals surface area (Å²) in [6, 6.07) is 8.73. The van der Waals surface area contributed by atoms with Gasteiger partial charge in [-0.2, -0.15) is 4.68 Å². The second-order valence-corrected chi connectivity index (χ2v) is 3.03. The highest BCUT2D eigenvalue weighted by molar-refractivity contribution is 5.72. The van der Waals surface area contributed by atoms with Gasteiger partial charge in [0, 0.05) is 0 Å². The van der Waals surface area contributed by atoms with Crippen LogP contribution >= 0.6 is 0 Å². The second kappa shape index (κ2) is 4.07. The van der Waals surface area contributed by atoms with Gasteiger partial charge in [-0.05, 0) is 22.6 Å². The maximum atomic E-state index is 10.6. The molecule has 2 aromatic rings. The molecule has 1 aromatic carbocycles. The fraction of sp³-hybridized carbons (Fsp3) is 0.111. The van der Waals surface area contributed by atoms with Gasteiger partial charge in [0.05, 0.1) is 5.69 Å². The van der Waals surface area contributed by atoms with Crippen LogP contribution in [0.4, 0.5) is 0 Å². The second-order valence-electron chi connectivity index (χ2n) is 3.03. The molecular formula is C9H8N4O3. The summed E-state index contributed by atoms with van der Waals surface area (Å²) >= 11 is 0. The highest BCUT2D eigenvalue weighted by Crippen LogP contribution is 2.13. The quantitative estimate of drug-likeness (QED) is 0.741. The summed E-state index contributed by atoms with van der Waals surface area (Å²) in [4.78, 5) is 10.6. The van der Waals surface area contributed by atoms with E-state index >= 15 is 0 Å². The Morgan fingerprint density at radius 2 is 2.00 bits per heavy atom. The van der Waals surface area contributed by atoms with Crippen molar-refractivity contribution >= 4 is 5.97 Å². The molecule has 16 heavy (non-hydrogen) atoms. The molecule has 0 bridgehead atoms. The van der Waals surface area contributed by atoms with E-state index in [4.69, 9.17) is 5.11 Å².